The number of hydrogen-bond acceptors (Lipinski definition) is 4. The third-order valence-electron chi connectivity index (χ3n) is 2.18. The first-order valence-electron chi connectivity index (χ1n) is 5.03. The lowest BCUT2D eigenvalue weighted by Crippen LogP contribution is -2.09. The lowest BCUT2D eigenvalue weighted by Gasteiger charge is -2.11. The van der Waals surface area contributed by atoms with E-state index in [-0.39, 0.29) is 25.3 Å². The van der Waals surface area contributed by atoms with Crippen LogP contribution in [0.2, 0.25) is 0 Å². The lowest BCUT2D eigenvalue weighted by atomic mass is 9.97. The zero-order valence-electron chi connectivity index (χ0n) is 8.89. The van der Waals surface area contributed by atoms with Crippen LogP contribution in [0.5, 0.6) is 0 Å². The van der Waals surface area contributed by atoms with Crippen molar-refractivity contribution in [2.75, 3.05) is 6.54 Å². The molecule has 0 saturated heterocycles. The van der Waals surface area contributed by atoms with E-state index >= 15 is 0 Å². The second-order valence-corrected chi connectivity index (χ2v) is 3.52. The van der Waals surface area contributed by atoms with Gasteiger partial charge in [-0.05, 0) is 25.2 Å². The van der Waals surface area contributed by atoms with E-state index in [1.54, 1.807) is 0 Å². The molecule has 0 fully saturated rings. The van der Waals surface area contributed by atoms with Gasteiger partial charge in [-0.2, -0.15) is 0 Å². The largest absolute Gasteiger partial charge is 0.481 e. The quantitative estimate of drug-likeness (QED) is 0.454. The van der Waals surface area contributed by atoms with Crippen molar-refractivity contribution in [1.82, 2.24) is 0 Å². The van der Waals surface area contributed by atoms with Crippen LogP contribution in [0.1, 0.15) is 32.1 Å². The summed E-state index contributed by atoms with van der Waals surface area (Å²) in [6.45, 7) is 0.219. The normalized spacial score (nSPS) is 11.5. The molecule has 1 unspecified atom stereocenters. The Balaban J connectivity index is 3.93. The number of aliphatic imine (C=N–C) groups is 1. The van der Waals surface area contributed by atoms with Crippen LogP contribution >= 0.6 is 0 Å². The van der Waals surface area contributed by atoms with E-state index in [2.05, 4.69) is 4.99 Å². The third-order valence-corrected chi connectivity index (χ3v) is 2.18. The molecule has 0 spiro atoms. The second kappa shape index (κ2) is 8.61. The van der Waals surface area contributed by atoms with E-state index < -0.39 is 11.9 Å². The van der Waals surface area contributed by atoms with E-state index in [1.165, 1.54) is 6.08 Å². The molecule has 0 heterocycles. The number of aliphatic carboxylic acids is 2. The standard InChI is InChI=1S/C10H15NO5/c12-7-11-6-8(4-5-10(15)16)2-1-3-9(13)14/h8H,1-6H2,(H,13,14)(H,15,16). The number of rotatable bonds is 9. The van der Waals surface area contributed by atoms with Crippen molar-refractivity contribution in [2.24, 2.45) is 10.9 Å². The molecule has 0 aliphatic carbocycles. The molecule has 16 heavy (non-hydrogen) atoms. The highest BCUT2D eigenvalue weighted by Crippen LogP contribution is 2.15. The molecule has 6 heteroatoms. The summed E-state index contributed by atoms with van der Waals surface area (Å²) in [5.74, 6) is -1.84. The molecule has 0 aliphatic rings. The highest BCUT2D eigenvalue weighted by Gasteiger charge is 2.11. The van der Waals surface area contributed by atoms with E-state index in [9.17, 15) is 14.4 Å². The maximum absolute atomic E-state index is 10.4. The first-order valence-corrected chi connectivity index (χ1v) is 5.03. The first kappa shape index (κ1) is 14.3. The summed E-state index contributed by atoms with van der Waals surface area (Å²) in [5.41, 5.74) is 0. The van der Waals surface area contributed by atoms with Gasteiger partial charge in [-0.3, -0.25) is 9.59 Å². The smallest absolute Gasteiger partial charge is 0.303 e. The van der Waals surface area contributed by atoms with Gasteiger partial charge in [0.2, 0.25) is 6.08 Å². The number of hydrogen-bond donors (Lipinski definition) is 2. The Labute approximate surface area is 93.0 Å². The van der Waals surface area contributed by atoms with E-state index in [1.807, 2.05) is 0 Å². The predicted molar refractivity (Wildman–Crippen MR) is 54.8 cm³/mol. The van der Waals surface area contributed by atoms with Crippen LogP contribution in [0, 0.1) is 5.92 Å². The Morgan fingerprint density at radius 1 is 1.12 bits per heavy atom. The molecule has 0 amide bonds. The number of carboxylic acids is 2. The topological polar surface area (TPSA) is 104 Å². The van der Waals surface area contributed by atoms with Crippen LogP contribution in [0.15, 0.2) is 4.99 Å². The molecular formula is C10H15NO5. The van der Waals surface area contributed by atoms with Gasteiger partial charge < -0.3 is 10.2 Å². The van der Waals surface area contributed by atoms with Gasteiger partial charge in [0.25, 0.3) is 0 Å². The van der Waals surface area contributed by atoms with Gasteiger partial charge >= 0.3 is 11.9 Å². The minimum atomic E-state index is -0.904. The Kier molecular flexibility index (Phi) is 7.71. The van der Waals surface area contributed by atoms with Crippen molar-refractivity contribution in [1.29, 1.82) is 0 Å². The lowest BCUT2D eigenvalue weighted by molar-refractivity contribution is -0.138. The Morgan fingerprint density at radius 2 is 1.75 bits per heavy atom. The summed E-state index contributed by atoms with van der Waals surface area (Å²) in [5, 5.41) is 16.9. The zero-order chi connectivity index (χ0) is 12.4. The third kappa shape index (κ3) is 8.90. The van der Waals surface area contributed by atoms with Crippen LogP contribution in [-0.2, 0) is 14.4 Å². The summed E-state index contributed by atoms with van der Waals surface area (Å²) in [7, 11) is 0. The van der Waals surface area contributed by atoms with Crippen molar-refractivity contribution in [2.45, 2.75) is 32.1 Å². The van der Waals surface area contributed by atoms with E-state index in [0.29, 0.717) is 19.3 Å². The van der Waals surface area contributed by atoms with E-state index in [0.717, 1.165) is 0 Å². The minimum absolute atomic E-state index is 0.00607. The molecule has 0 aromatic carbocycles. The van der Waals surface area contributed by atoms with Crippen molar-refractivity contribution in [3.8, 4) is 0 Å². The molecule has 0 bridgehead atoms. The number of carbonyl (C=O) groups excluding carboxylic acids is 1. The number of nitrogens with zero attached hydrogens (tertiary/aromatic N) is 1. The van der Waals surface area contributed by atoms with Crippen molar-refractivity contribution in [3.05, 3.63) is 0 Å². The van der Waals surface area contributed by atoms with Crippen LogP contribution in [0.4, 0.5) is 0 Å². The van der Waals surface area contributed by atoms with Crippen molar-refractivity contribution < 1.29 is 24.6 Å². The van der Waals surface area contributed by atoms with Crippen LogP contribution in [-0.4, -0.2) is 34.8 Å². The molecule has 2 N–H and O–H groups in total. The van der Waals surface area contributed by atoms with Crippen molar-refractivity contribution >= 4 is 18.0 Å². The maximum atomic E-state index is 10.4. The molecule has 0 aliphatic heterocycles. The molecular weight excluding hydrogens is 214 g/mol. The van der Waals surface area contributed by atoms with Gasteiger partial charge in [-0.1, -0.05) is 0 Å². The number of carbonyl (C=O) groups is 2. The fraction of sp³-hybridized carbons (Fsp3) is 0.700. The molecule has 1 atom stereocenters. The second-order valence-electron chi connectivity index (χ2n) is 3.52. The summed E-state index contributed by atoms with van der Waals surface area (Å²) < 4.78 is 0. The predicted octanol–water partition coefficient (Wildman–Crippen LogP) is 1.06. The SMILES string of the molecule is O=C=NCC(CCCC(=O)O)CCC(=O)O. The molecule has 0 saturated carbocycles. The molecule has 0 radical (unpaired) electrons. The summed E-state index contributed by atoms with van der Waals surface area (Å²) >= 11 is 0. The van der Waals surface area contributed by atoms with Crippen LogP contribution in [0.25, 0.3) is 0 Å². The summed E-state index contributed by atoms with van der Waals surface area (Å²) in [6, 6.07) is 0. The first-order chi connectivity index (χ1) is 7.56. The molecule has 0 aromatic heterocycles. The number of carboxylic acid groups (broad SMARTS) is 2. The average Bonchev–Trinajstić information content (AvgIpc) is 2.20. The maximum Gasteiger partial charge on any atom is 0.303 e. The Hall–Kier alpha value is -1.68. The average molecular weight is 229 g/mol. The van der Waals surface area contributed by atoms with Crippen LogP contribution in [0.3, 0.4) is 0 Å². The van der Waals surface area contributed by atoms with Gasteiger partial charge in [0.1, 0.15) is 0 Å². The molecule has 0 rings (SSSR count). The minimum Gasteiger partial charge on any atom is -0.481 e. The van der Waals surface area contributed by atoms with Gasteiger partial charge in [0.15, 0.2) is 0 Å². The highest BCUT2D eigenvalue weighted by atomic mass is 16.4. The number of isocyanates is 1. The fourth-order valence-corrected chi connectivity index (χ4v) is 1.36. The van der Waals surface area contributed by atoms with Gasteiger partial charge in [-0.25, -0.2) is 9.79 Å². The molecule has 6 nitrogen and oxygen atoms in total. The summed E-state index contributed by atoms with van der Waals surface area (Å²) in [6.07, 6.45) is 2.88. The molecule has 90 valence electrons. The van der Waals surface area contributed by atoms with Crippen molar-refractivity contribution in [3.63, 3.8) is 0 Å². The van der Waals surface area contributed by atoms with E-state index in [4.69, 9.17) is 10.2 Å². The van der Waals surface area contributed by atoms with Gasteiger partial charge in [0, 0.05) is 12.8 Å². The monoisotopic (exact) mass is 229 g/mol. The van der Waals surface area contributed by atoms with Gasteiger partial charge in [0.05, 0.1) is 6.54 Å². The zero-order valence-corrected chi connectivity index (χ0v) is 8.89. The fourth-order valence-electron chi connectivity index (χ4n) is 1.36. The molecule has 0 aromatic rings. The highest BCUT2D eigenvalue weighted by molar-refractivity contribution is 5.67. The summed E-state index contributed by atoms with van der Waals surface area (Å²) in [4.78, 5) is 34.0. The van der Waals surface area contributed by atoms with Gasteiger partial charge in [-0.15, -0.1) is 0 Å². The Bertz CT molecular complexity index is 283. The Morgan fingerprint density at radius 3 is 2.25 bits per heavy atom. The van der Waals surface area contributed by atoms with Crippen LogP contribution < -0.4 is 0 Å².